The van der Waals surface area contributed by atoms with Crippen molar-refractivity contribution in [2.75, 3.05) is 0 Å². The van der Waals surface area contributed by atoms with Crippen LogP contribution in [-0.4, -0.2) is 21.9 Å². The van der Waals surface area contributed by atoms with Crippen molar-refractivity contribution in [1.82, 2.24) is 10.1 Å². The lowest BCUT2D eigenvalue weighted by atomic mass is 10.1. The Bertz CT molecular complexity index is 980. The monoisotopic (exact) mass is 404 g/mol. The molecule has 0 N–H and O–H groups in total. The summed E-state index contributed by atoms with van der Waals surface area (Å²) in [5.74, 6) is -0.0127. The Morgan fingerprint density at radius 3 is 2.74 bits per heavy atom. The first-order valence-corrected chi connectivity index (χ1v) is 9.46. The van der Waals surface area contributed by atoms with E-state index in [1.165, 1.54) is 0 Å². The van der Waals surface area contributed by atoms with Gasteiger partial charge < -0.3 is 9.26 Å². The number of halogens is 1. The van der Waals surface area contributed by atoms with Gasteiger partial charge >= 0.3 is 5.97 Å². The smallest absolute Gasteiger partial charge is 0.306 e. The molecule has 2 heterocycles. The van der Waals surface area contributed by atoms with E-state index in [-0.39, 0.29) is 31.1 Å². The Kier molecular flexibility index (Phi) is 6.03. The van der Waals surface area contributed by atoms with Crippen LogP contribution in [0.1, 0.15) is 38.8 Å². The predicted molar refractivity (Wildman–Crippen MR) is 102 cm³/mol. The number of rotatable bonds is 7. The second-order valence-electron chi connectivity index (χ2n) is 5.93. The number of hydrogen-bond donors (Lipinski definition) is 0. The summed E-state index contributed by atoms with van der Waals surface area (Å²) in [4.78, 5) is 30.3. The van der Waals surface area contributed by atoms with Gasteiger partial charge in [0.15, 0.2) is 12.4 Å². The fourth-order valence-electron chi connectivity index (χ4n) is 2.53. The molecule has 0 amide bonds. The number of carbonyl (C=O) groups excluding carboxylic acids is 2. The number of esters is 1. The summed E-state index contributed by atoms with van der Waals surface area (Å²) < 4.78 is 10.2. The highest BCUT2D eigenvalue weighted by Crippen LogP contribution is 2.23. The van der Waals surface area contributed by atoms with Crippen molar-refractivity contribution < 1.29 is 18.8 Å². The molecule has 2 aromatic heterocycles. The van der Waals surface area contributed by atoms with Crippen molar-refractivity contribution in [3.8, 4) is 11.4 Å². The molecule has 27 heavy (non-hydrogen) atoms. The summed E-state index contributed by atoms with van der Waals surface area (Å²) in [5.41, 5.74) is 1.38. The van der Waals surface area contributed by atoms with Crippen LogP contribution in [0.25, 0.3) is 11.4 Å². The molecule has 0 saturated carbocycles. The van der Waals surface area contributed by atoms with Gasteiger partial charge in [0, 0.05) is 32.3 Å². The number of ketones is 1. The number of benzene rings is 1. The van der Waals surface area contributed by atoms with E-state index in [1.54, 1.807) is 35.6 Å². The number of aryl methyl sites for hydroxylation is 2. The molecule has 0 aliphatic rings. The highest BCUT2D eigenvalue weighted by molar-refractivity contribution is 7.12. The van der Waals surface area contributed by atoms with Gasteiger partial charge in [0.05, 0.1) is 6.42 Å². The number of carbonyl (C=O) groups is 2. The lowest BCUT2D eigenvalue weighted by molar-refractivity contribution is -0.145. The quantitative estimate of drug-likeness (QED) is 0.416. The molecule has 140 valence electrons. The van der Waals surface area contributed by atoms with Crippen LogP contribution < -0.4 is 0 Å². The third kappa shape index (κ3) is 5.02. The topological polar surface area (TPSA) is 82.3 Å². The molecular weight excluding hydrogens is 388 g/mol. The van der Waals surface area contributed by atoms with E-state index in [0.717, 1.165) is 9.75 Å². The molecule has 0 aliphatic heterocycles. The standard InChI is InChI=1S/C19H17ClN2O4S/c1-11-8-15(12(2)27-11)16(23)6-7-18(24)25-10-17-21-19(22-26-17)13-4-3-5-14(20)9-13/h3-5,8-9H,6-7,10H2,1-2H3. The molecule has 0 spiro atoms. The first-order chi connectivity index (χ1) is 12.9. The van der Waals surface area contributed by atoms with Crippen LogP contribution in [0.15, 0.2) is 34.9 Å². The van der Waals surface area contributed by atoms with E-state index in [0.29, 0.717) is 22.0 Å². The maximum absolute atomic E-state index is 12.2. The van der Waals surface area contributed by atoms with Crippen LogP contribution in [0.3, 0.4) is 0 Å². The zero-order chi connectivity index (χ0) is 19.4. The van der Waals surface area contributed by atoms with Crippen molar-refractivity contribution in [3.63, 3.8) is 0 Å². The van der Waals surface area contributed by atoms with Crippen molar-refractivity contribution in [2.24, 2.45) is 0 Å². The number of ether oxygens (including phenoxy) is 1. The predicted octanol–water partition coefficient (Wildman–Crippen LogP) is 4.77. The zero-order valence-electron chi connectivity index (χ0n) is 14.8. The minimum Gasteiger partial charge on any atom is -0.456 e. The van der Waals surface area contributed by atoms with Gasteiger partial charge in [-0.05, 0) is 32.0 Å². The highest BCUT2D eigenvalue weighted by Gasteiger charge is 2.16. The largest absolute Gasteiger partial charge is 0.456 e. The van der Waals surface area contributed by atoms with Crippen molar-refractivity contribution in [2.45, 2.75) is 33.3 Å². The molecule has 0 unspecified atom stereocenters. The minimum absolute atomic E-state index is 0.00244. The first kappa shape index (κ1) is 19.3. The van der Waals surface area contributed by atoms with Crippen LogP contribution in [-0.2, 0) is 16.1 Å². The maximum Gasteiger partial charge on any atom is 0.306 e. The maximum atomic E-state index is 12.2. The molecule has 0 bridgehead atoms. The Hall–Kier alpha value is -2.51. The molecule has 0 fully saturated rings. The van der Waals surface area contributed by atoms with Crippen molar-refractivity contribution in [1.29, 1.82) is 0 Å². The van der Waals surface area contributed by atoms with E-state index in [9.17, 15) is 9.59 Å². The molecule has 3 aromatic rings. The van der Waals surface area contributed by atoms with Gasteiger partial charge in [-0.2, -0.15) is 4.98 Å². The second-order valence-corrected chi connectivity index (χ2v) is 7.83. The number of thiophene rings is 1. The lowest BCUT2D eigenvalue weighted by Gasteiger charge is -2.02. The summed E-state index contributed by atoms with van der Waals surface area (Å²) in [6, 6.07) is 8.88. The lowest BCUT2D eigenvalue weighted by Crippen LogP contribution is -2.08. The van der Waals surface area contributed by atoms with E-state index < -0.39 is 5.97 Å². The zero-order valence-corrected chi connectivity index (χ0v) is 16.4. The molecule has 8 heteroatoms. The molecule has 1 aromatic carbocycles. The first-order valence-electron chi connectivity index (χ1n) is 8.27. The van der Waals surface area contributed by atoms with Gasteiger partial charge in [-0.3, -0.25) is 9.59 Å². The fourth-order valence-corrected chi connectivity index (χ4v) is 3.66. The number of hydrogen-bond acceptors (Lipinski definition) is 7. The van der Waals surface area contributed by atoms with E-state index in [2.05, 4.69) is 10.1 Å². The van der Waals surface area contributed by atoms with Crippen LogP contribution in [0.2, 0.25) is 5.02 Å². The van der Waals surface area contributed by atoms with Crippen LogP contribution in [0.4, 0.5) is 0 Å². The Morgan fingerprint density at radius 2 is 2.04 bits per heavy atom. The van der Waals surface area contributed by atoms with Gasteiger partial charge in [-0.1, -0.05) is 28.9 Å². The van der Waals surface area contributed by atoms with Crippen molar-refractivity contribution >= 4 is 34.7 Å². The van der Waals surface area contributed by atoms with Gasteiger partial charge in [0.1, 0.15) is 0 Å². The van der Waals surface area contributed by atoms with Gasteiger partial charge in [-0.15, -0.1) is 11.3 Å². The van der Waals surface area contributed by atoms with E-state index >= 15 is 0 Å². The molecule has 0 saturated heterocycles. The average Bonchev–Trinajstić information content (AvgIpc) is 3.24. The summed E-state index contributed by atoms with van der Waals surface area (Å²) >= 11 is 7.51. The number of Topliss-reactive ketones (excluding diaryl/α,β-unsaturated/α-hetero) is 1. The van der Waals surface area contributed by atoms with Crippen LogP contribution in [0, 0.1) is 13.8 Å². The summed E-state index contributed by atoms with van der Waals surface area (Å²) in [5, 5.41) is 4.40. The highest BCUT2D eigenvalue weighted by atomic mass is 35.5. The summed E-state index contributed by atoms with van der Waals surface area (Å²) in [6.45, 7) is 3.71. The third-order valence-corrected chi connectivity index (χ3v) is 5.01. The normalized spacial score (nSPS) is 10.8. The molecule has 0 atom stereocenters. The molecule has 0 radical (unpaired) electrons. The Morgan fingerprint density at radius 1 is 1.22 bits per heavy atom. The Labute approximate surface area is 165 Å². The average molecular weight is 405 g/mol. The second kappa shape index (κ2) is 8.45. The van der Waals surface area contributed by atoms with Gasteiger partial charge in [0.25, 0.3) is 5.89 Å². The number of nitrogens with zero attached hydrogens (tertiary/aromatic N) is 2. The molecule has 6 nitrogen and oxygen atoms in total. The molecular formula is C19H17ClN2O4S. The fraction of sp³-hybridized carbons (Fsp3) is 0.263. The summed E-state index contributed by atoms with van der Waals surface area (Å²) in [7, 11) is 0. The Balaban J connectivity index is 1.49. The van der Waals surface area contributed by atoms with Crippen molar-refractivity contribution in [3.05, 3.63) is 56.6 Å². The van der Waals surface area contributed by atoms with Gasteiger partial charge in [0.2, 0.25) is 5.82 Å². The third-order valence-electron chi connectivity index (χ3n) is 3.81. The minimum atomic E-state index is -0.490. The van der Waals surface area contributed by atoms with Crippen LogP contribution >= 0.6 is 22.9 Å². The van der Waals surface area contributed by atoms with E-state index in [1.807, 2.05) is 19.9 Å². The molecule has 0 aliphatic carbocycles. The van der Waals surface area contributed by atoms with Crippen LogP contribution in [0.5, 0.6) is 0 Å². The molecule has 3 rings (SSSR count). The van der Waals surface area contributed by atoms with Gasteiger partial charge in [-0.25, -0.2) is 0 Å². The SMILES string of the molecule is Cc1cc(C(=O)CCC(=O)OCc2nc(-c3cccc(Cl)c3)no2)c(C)s1. The number of aromatic nitrogens is 2. The summed E-state index contributed by atoms with van der Waals surface area (Å²) in [6.07, 6.45) is 0.107. The van der Waals surface area contributed by atoms with E-state index in [4.69, 9.17) is 20.9 Å².